The summed E-state index contributed by atoms with van der Waals surface area (Å²) in [6.07, 6.45) is 5.69. The minimum atomic E-state index is 0. The van der Waals surface area contributed by atoms with Crippen molar-refractivity contribution in [1.29, 1.82) is 0 Å². The van der Waals surface area contributed by atoms with Gasteiger partial charge in [-0.3, -0.25) is 4.79 Å². The molecule has 0 amide bonds. The fourth-order valence-corrected chi connectivity index (χ4v) is 3.83. The van der Waals surface area contributed by atoms with Crippen molar-refractivity contribution in [1.82, 2.24) is 14.4 Å². The monoisotopic (exact) mass is 658 g/mol. The van der Waals surface area contributed by atoms with E-state index in [9.17, 15) is 4.79 Å². The molecule has 0 radical (unpaired) electrons. The molecule has 3 heterocycles. The lowest BCUT2D eigenvalue weighted by molar-refractivity contribution is 0.102. The smallest absolute Gasteiger partial charge is 0.173 e. The number of carbonyl (C=O) groups excluding carboxylic acids is 1. The number of nitrogens with zero attached hydrogens (tertiary/aromatic N) is 3. The summed E-state index contributed by atoms with van der Waals surface area (Å²) in [5.41, 5.74) is 9.17. The quantitative estimate of drug-likeness (QED) is 0.157. The number of aromatic nitrogens is 3. The van der Waals surface area contributed by atoms with Gasteiger partial charge >= 0.3 is 0 Å². The van der Waals surface area contributed by atoms with Gasteiger partial charge in [0.15, 0.2) is 5.78 Å². The van der Waals surface area contributed by atoms with Crippen LogP contribution in [0.2, 0.25) is 0 Å². The van der Waals surface area contributed by atoms with Crippen molar-refractivity contribution in [3.8, 4) is 11.3 Å². The lowest BCUT2D eigenvalue weighted by Crippen LogP contribution is -1.98. The molecule has 3 aromatic heterocycles. The van der Waals surface area contributed by atoms with Crippen LogP contribution in [0.5, 0.6) is 0 Å². The van der Waals surface area contributed by atoms with E-state index in [1.807, 2.05) is 83.5 Å². The number of carbonyl (C=O) groups is 1. The predicted molar refractivity (Wildman–Crippen MR) is 156 cm³/mol. The summed E-state index contributed by atoms with van der Waals surface area (Å²) >= 11 is 9.79. The van der Waals surface area contributed by atoms with Gasteiger partial charge in [-0.05, 0) is 24.3 Å². The standard InChI is InChI=1S/C13H9BrN2.C8H7BrO.C5H5BrN2.CH4/c14-11-6-7-16-9-12(15-13(16)8-11)10-4-2-1-3-5-10;9-6-8(10)7-4-2-1-3-5-7;6-4-1-2-8-5(7)3-4;/h1-9H;1-5H,6H2;1-3H,(H2,7,8);1H4. The number of nitrogens with two attached hydrogens (primary N) is 1. The van der Waals surface area contributed by atoms with E-state index in [4.69, 9.17) is 5.73 Å². The van der Waals surface area contributed by atoms with E-state index in [1.54, 1.807) is 12.3 Å². The van der Waals surface area contributed by atoms with E-state index < -0.39 is 0 Å². The third-order valence-electron chi connectivity index (χ3n) is 4.45. The van der Waals surface area contributed by atoms with E-state index >= 15 is 0 Å². The van der Waals surface area contributed by atoms with E-state index in [1.165, 1.54) is 0 Å². The number of hydrogen-bond donors (Lipinski definition) is 1. The molecule has 0 saturated carbocycles. The van der Waals surface area contributed by atoms with Gasteiger partial charge in [0.25, 0.3) is 0 Å². The van der Waals surface area contributed by atoms with Crippen molar-refractivity contribution in [2.45, 2.75) is 7.43 Å². The Balaban J connectivity index is 0.000000197. The van der Waals surface area contributed by atoms with E-state index in [-0.39, 0.29) is 13.2 Å². The molecule has 0 saturated heterocycles. The summed E-state index contributed by atoms with van der Waals surface area (Å²) in [4.78, 5) is 19.3. The van der Waals surface area contributed by atoms with Gasteiger partial charge in [-0.25, -0.2) is 9.97 Å². The van der Waals surface area contributed by atoms with Crippen LogP contribution in [-0.2, 0) is 0 Å². The Morgan fingerprint density at radius 3 is 2.09 bits per heavy atom. The molecule has 0 aliphatic heterocycles. The zero-order chi connectivity index (χ0) is 24.3. The molecule has 180 valence electrons. The molecule has 5 nitrogen and oxygen atoms in total. The van der Waals surface area contributed by atoms with Crippen LogP contribution in [0.15, 0.2) is 112 Å². The number of Topliss-reactive ketones (excluding diaryl/α,β-unsaturated/α-hetero) is 1. The van der Waals surface area contributed by atoms with E-state index in [2.05, 4.69) is 69.9 Å². The molecule has 0 aliphatic rings. The average molecular weight is 661 g/mol. The molecule has 8 heteroatoms. The number of alkyl halides is 1. The predicted octanol–water partition coefficient (Wildman–Crippen LogP) is 8.09. The number of ketones is 1. The minimum Gasteiger partial charge on any atom is -0.384 e. The van der Waals surface area contributed by atoms with E-state index in [0.717, 1.165) is 31.4 Å². The molecule has 5 rings (SSSR count). The highest BCUT2D eigenvalue weighted by molar-refractivity contribution is 9.10. The SMILES string of the molecule is Brc1ccn2cc(-c3ccccc3)nc2c1.C.Nc1cc(Br)ccn1.O=C(CBr)c1ccccc1. The summed E-state index contributed by atoms with van der Waals surface area (Å²) in [7, 11) is 0. The number of benzene rings is 2. The number of halogens is 3. The Morgan fingerprint density at radius 1 is 0.886 bits per heavy atom. The maximum absolute atomic E-state index is 11.0. The number of imidazole rings is 1. The molecule has 2 aromatic carbocycles. The second-order valence-electron chi connectivity index (χ2n) is 6.92. The normalized spacial score (nSPS) is 9.69. The first-order valence-electron chi connectivity index (χ1n) is 10.2. The highest BCUT2D eigenvalue weighted by Crippen LogP contribution is 2.20. The second kappa shape index (κ2) is 14.6. The van der Waals surface area contributed by atoms with Crippen molar-refractivity contribution >= 4 is 65.0 Å². The molecule has 0 unspecified atom stereocenters. The first-order valence-corrected chi connectivity index (χ1v) is 12.9. The maximum Gasteiger partial charge on any atom is 0.173 e. The summed E-state index contributed by atoms with van der Waals surface area (Å²) in [5, 5.41) is 0.400. The van der Waals surface area contributed by atoms with Crippen LogP contribution in [0, 0.1) is 0 Å². The summed E-state index contributed by atoms with van der Waals surface area (Å²) < 4.78 is 4.03. The van der Waals surface area contributed by atoms with Gasteiger partial charge in [0, 0.05) is 38.7 Å². The fraction of sp³-hybridized carbons (Fsp3) is 0.0741. The number of nitrogen functional groups attached to an aromatic ring is 1. The first kappa shape index (κ1) is 28.4. The molecule has 5 aromatic rings. The highest BCUT2D eigenvalue weighted by atomic mass is 79.9. The van der Waals surface area contributed by atoms with Gasteiger partial charge in [-0.15, -0.1) is 0 Å². The molecule has 2 N–H and O–H groups in total. The lowest BCUT2D eigenvalue weighted by atomic mass is 10.2. The maximum atomic E-state index is 11.0. The molecular formula is C27H25Br3N4O. The largest absolute Gasteiger partial charge is 0.384 e. The molecule has 0 fully saturated rings. The third-order valence-corrected chi connectivity index (χ3v) is 5.95. The molecule has 35 heavy (non-hydrogen) atoms. The zero-order valence-electron chi connectivity index (χ0n) is 18.0. The first-order chi connectivity index (χ1) is 16.5. The van der Waals surface area contributed by atoms with Gasteiger partial charge in [0.05, 0.1) is 11.0 Å². The average Bonchev–Trinajstić information content (AvgIpc) is 3.29. The number of hydrogen-bond acceptors (Lipinski definition) is 4. The lowest BCUT2D eigenvalue weighted by Gasteiger charge is -1.92. The van der Waals surface area contributed by atoms with Crippen LogP contribution in [0.4, 0.5) is 5.82 Å². The van der Waals surface area contributed by atoms with Crippen LogP contribution in [0.25, 0.3) is 16.9 Å². The molecular weight excluding hydrogens is 636 g/mol. The van der Waals surface area contributed by atoms with Crippen LogP contribution >= 0.6 is 47.8 Å². The van der Waals surface area contributed by atoms with Crippen LogP contribution < -0.4 is 5.73 Å². The van der Waals surface area contributed by atoms with E-state index in [0.29, 0.717) is 11.1 Å². The van der Waals surface area contributed by atoms with Crippen molar-refractivity contribution in [3.63, 3.8) is 0 Å². The third kappa shape index (κ3) is 9.05. The molecule has 0 aliphatic carbocycles. The van der Waals surface area contributed by atoms with Crippen molar-refractivity contribution in [2.75, 3.05) is 11.1 Å². The Kier molecular flexibility index (Phi) is 11.8. The van der Waals surface area contributed by atoms with Crippen molar-refractivity contribution in [2.24, 2.45) is 0 Å². The van der Waals surface area contributed by atoms with Crippen LogP contribution in [0.1, 0.15) is 17.8 Å². The van der Waals surface area contributed by atoms with Gasteiger partial charge in [-0.1, -0.05) is 116 Å². The number of anilines is 1. The second-order valence-corrected chi connectivity index (χ2v) is 9.32. The number of rotatable bonds is 3. The Morgan fingerprint density at radius 2 is 1.51 bits per heavy atom. The van der Waals surface area contributed by atoms with Crippen molar-refractivity contribution < 1.29 is 4.79 Å². The zero-order valence-corrected chi connectivity index (χ0v) is 22.7. The Hall–Kier alpha value is -2.81. The molecule has 0 atom stereocenters. The topological polar surface area (TPSA) is 73.3 Å². The highest BCUT2D eigenvalue weighted by Gasteiger charge is 2.03. The van der Waals surface area contributed by atoms with Crippen molar-refractivity contribution in [3.05, 3.63) is 118 Å². The Labute approximate surface area is 230 Å². The molecule has 0 bridgehead atoms. The van der Waals surface area contributed by atoms with Gasteiger partial charge in [0.1, 0.15) is 11.5 Å². The van der Waals surface area contributed by atoms with Gasteiger partial charge < -0.3 is 10.1 Å². The number of pyridine rings is 2. The summed E-state index contributed by atoms with van der Waals surface area (Å²) in [5.74, 6) is 0.667. The van der Waals surface area contributed by atoms with Gasteiger partial charge in [0.2, 0.25) is 0 Å². The molecule has 0 spiro atoms. The minimum absolute atomic E-state index is 0. The summed E-state index contributed by atoms with van der Waals surface area (Å²) in [6.45, 7) is 0. The van der Waals surface area contributed by atoms with Gasteiger partial charge in [-0.2, -0.15) is 0 Å². The Bertz CT molecular complexity index is 1330. The summed E-state index contributed by atoms with van der Waals surface area (Å²) in [6, 6.07) is 27.0. The number of fused-ring (bicyclic) bond motifs is 1. The van der Waals surface area contributed by atoms with Crippen LogP contribution in [0.3, 0.4) is 0 Å². The fourth-order valence-electron chi connectivity index (χ4n) is 2.83. The van der Waals surface area contributed by atoms with Crippen LogP contribution in [-0.4, -0.2) is 25.5 Å².